The number of halogens is 2. The first kappa shape index (κ1) is 27.6. The van der Waals surface area contributed by atoms with Crippen LogP contribution in [-0.2, 0) is 9.53 Å². The summed E-state index contributed by atoms with van der Waals surface area (Å²) in [6.07, 6.45) is 6.61. The number of amides is 1. The molecule has 3 fully saturated rings. The van der Waals surface area contributed by atoms with Crippen molar-refractivity contribution in [2.75, 3.05) is 62.3 Å². The lowest BCUT2D eigenvalue weighted by Gasteiger charge is -2.47. The third-order valence-corrected chi connectivity index (χ3v) is 8.00. The molecule has 0 aliphatic carbocycles. The number of ether oxygens (including phenoxy) is 3. The zero-order valence-corrected chi connectivity index (χ0v) is 22.6. The predicted molar refractivity (Wildman–Crippen MR) is 145 cm³/mol. The molecule has 10 heteroatoms. The number of aromatic nitrogens is 1. The number of hydrogen-bond acceptors (Lipinski definition) is 7. The second-order valence-electron chi connectivity index (χ2n) is 10.9. The van der Waals surface area contributed by atoms with E-state index in [9.17, 15) is 13.6 Å². The van der Waals surface area contributed by atoms with Crippen molar-refractivity contribution >= 4 is 17.3 Å². The molecule has 1 aromatic carbocycles. The van der Waals surface area contributed by atoms with Gasteiger partial charge in [-0.15, -0.1) is 0 Å². The van der Waals surface area contributed by atoms with E-state index in [2.05, 4.69) is 38.6 Å². The molecular weight excluding hydrogens is 506 g/mol. The zero-order valence-electron chi connectivity index (χ0n) is 22.6. The summed E-state index contributed by atoms with van der Waals surface area (Å²) in [4.78, 5) is 23.0. The van der Waals surface area contributed by atoms with E-state index in [0.29, 0.717) is 12.2 Å². The topological polar surface area (TPSA) is 67.4 Å². The molecule has 8 nitrogen and oxygen atoms in total. The van der Waals surface area contributed by atoms with Gasteiger partial charge < -0.3 is 28.9 Å². The fourth-order valence-electron chi connectivity index (χ4n) is 5.84. The normalized spacial score (nSPS) is 21.9. The summed E-state index contributed by atoms with van der Waals surface area (Å²) in [6.45, 7) is 5.61. The molecular formula is C29H38F2N4O4. The van der Waals surface area contributed by atoms with Crippen molar-refractivity contribution in [1.29, 1.82) is 0 Å². The van der Waals surface area contributed by atoms with Crippen molar-refractivity contribution in [2.45, 2.75) is 51.2 Å². The molecule has 3 aliphatic heterocycles. The number of carbonyl (C=O) groups excluding carboxylic acids is 1. The maximum absolute atomic E-state index is 12.6. The maximum Gasteiger partial charge on any atom is 0.388 e. The molecule has 3 saturated heterocycles. The molecule has 1 aromatic heterocycles. The van der Waals surface area contributed by atoms with E-state index in [-0.39, 0.29) is 18.4 Å². The fourth-order valence-corrected chi connectivity index (χ4v) is 5.84. The number of hydrogen-bond donors (Lipinski definition) is 0. The Morgan fingerprint density at radius 2 is 1.87 bits per heavy atom. The van der Waals surface area contributed by atoms with E-state index in [1.165, 1.54) is 38.2 Å². The maximum atomic E-state index is 12.6. The van der Waals surface area contributed by atoms with E-state index in [1.807, 2.05) is 12.1 Å². The molecule has 1 atom stereocenters. The number of benzene rings is 1. The average molecular weight is 545 g/mol. The first-order valence-electron chi connectivity index (χ1n) is 13.9. The van der Waals surface area contributed by atoms with Gasteiger partial charge in [-0.3, -0.25) is 4.79 Å². The zero-order chi connectivity index (χ0) is 27.2. The van der Waals surface area contributed by atoms with Crippen LogP contribution in [0.5, 0.6) is 11.6 Å². The summed E-state index contributed by atoms with van der Waals surface area (Å²) in [6, 6.07) is 11.2. The highest BCUT2D eigenvalue weighted by Crippen LogP contribution is 2.35. The minimum absolute atomic E-state index is 0.0158. The molecule has 0 N–H and O–H groups in total. The van der Waals surface area contributed by atoms with E-state index >= 15 is 0 Å². The van der Waals surface area contributed by atoms with E-state index < -0.39 is 12.2 Å². The Labute approximate surface area is 228 Å². The van der Waals surface area contributed by atoms with Crippen LogP contribution in [0, 0.1) is 5.92 Å². The van der Waals surface area contributed by atoms with Crippen LogP contribution in [0.15, 0.2) is 42.6 Å². The molecule has 3 aliphatic rings. The summed E-state index contributed by atoms with van der Waals surface area (Å²) in [5.41, 5.74) is 1.24. The summed E-state index contributed by atoms with van der Waals surface area (Å²) in [5, 5.41) is 0. The number of rotatable bonds is 9. The SMILES string of the molecule is C[C@H]1CCCN(CCCOc2ccc(N3CCC4(CC3)CN(c3ccc(OC(F)F)nc3)C(=O)CO4)cc2)C1. The number of carbonyl (C=O) groups is 1. The third-order valence-electron chi connectivity index (χ3n) is 8.00. The van der Waals surface area contributed by atoms with Gasteiger partial charge in [0.05, 0.1) is 30.6 Å². The molecule has 2 aromatic rings. The molecule has 5 rings (SSSR count). The number of piperidine rings is 2. The minimum atomic E-state index is -2.94. The number of anilines is 2. The molecule has 1 spiro atoms. The van der Waals surface area contributed by atoms with Crippen LogP contribution in [0.1, 0.15) is 39.0 Å². The molecule has 39 heavy (non-hydrogen) atoms. The lowest BCUT2D eigenvalue weighted by molar-refractivity contribution is -0.141. The number of likely N-dealkylation sites (tertiary alicyclic amines) is 1. The van der Waals surface area contributed by atoms with Gasteiger partial charge in [0.25, 0.3) is 5.91 Å². The number of pyridine rings is 1. The number of alkyl halides is 2. The van der Waals surface area contributed by atoms with Crippen LogP contribution in [0.25, 0.3) is 0 Å². The van der Waals surface area contributed by atoms with Crippen LogP contribution >= 0.6 is 0 Å². The average Bonchev–Trinajstić information content (AvgIpc) is 2.94. The summed E-state index contributed by atoms with van der Waals surface area (Å²) in [5.74, 6) is 1.34. The molecule has 0 saturated carbocycles. The standard InChI is InChI=1S/C29H38F2N4O4/c1-22-4-2-13-33(19-22)14-3-17-37-25-8-5-23(6-9-25)34-15-11-29(12-16-34)21-35(27(36)20-38-29)24-7-10-26(32-18-24)39-28(30)31/h5-10,18,22,28H,2-4,11-17,19-21H2,1H3/t22-/m0/s1. The van der Waals surface area contributed by atoms with Gasteiger partial charge in [-0.1, -0.05) is 6.92 Å². The Kier molecular flexibility index (Phi) is 8.82. The van der Waals surface area contributed by atoms with Gasteiger partial charge in [-0.25, -0.2) is 4.98 Å². The van der Waals surface area contributed by atoms with Crippen molar-refractivity contribution in [2.24, 2.45) is 5.92 Å². The quantitative estimate of drug-likeness (QED) is 0.428. The molecule has 212 valence electrons. The van der Waals surface area contributed by atoms with Crippen molar-refractivity contribution in [3.05, 3.63) is 42.6 Å². The van der Waals surface area contributed by atoms with Crippen molar-refractivity contribution < 1.29 is 27.8 Å². The highest BCUT2D eigenvalue weighted by atomic mass is 19.3. The molecule has 0 radical (unpaired) electrons. The van der Waals surface area contributed by atoms with Gasteiger partial charge in [-0.05, 0) is 74.9 Å². The van der Waals surface area contributed by atoms with E-state index in [4.69, 9.17) is 9.47 Å². The second-order valence-corrected chi connectivity index (χ2v) is 10.9. The smallest absolute Gasteiger partial charge is 0.388 e. The Bertz CT molecular complexity index is 1080. The third kappa shape index (κ3) is 7.16. The fraction of sp³-hybridized carbons (Fsp3) is 0.586. The van der Waals surface area contributed by atoms with Crippen LogP contribution in [-0.4, -0.2) is 80.5 Å². The Balaban J connectivity index is 1.09. The Morgan fingerprint density at radius 3 is 2.56 bits per heavy atom. The summed E-state index contributed by atoms with van der Waals surface area (Å²) < 4.78 is 41.2. The van der Waals surface area contributed by atoms with E-state index in [1.54, 1.807) is 11.0 Å². The molecule has 4 heterocycles. The van der Waals surface area contributed by atoms with Gasteiger partial charge in [0, 0.05) is 37.9 Å². The number of nitrogens with zero attached hydrogens (tertiary/aromatic N) is 4. The van der Waals surface area contributed by atoms with Crippen molar-refractivity contribution in [3.63, 3.8) is 0 Å². The van der Waals surface area contributed by atoms with Gasteiger partial charge in [0.2, 0.25) is 5.88 Å². The monoisotopic (exact) mass is 544 g/mol. The first-order chi connectivity index (χ1) is 18.9. The van der Waals surface area contributed by atoms with Crippen molar-refractivity contribution in [3.8, 4) is 11.6 Å². The summed E-state index contributed by atoms with van der Waals surface area (Å²) in [7, 11) is 0. The van der Waals surface area contributed by atoms with E-state index in [0.717, 1.165) is 62.9 Å². The van der Waals surface area contributed by atoms with Crippen molar-refractivity contribution in [1.82, 2.24) is 9.88 Å². The highest BCUT2D eigenvalue weighted by Gasteiger charge is 2.43. The van der Waals surface area contributed by atoms with Crippen LogP contribution in [0.3, 0.4) is 0 Å². The second kappa shape index (κ2) is 12.5. The predicted octanol–water partition coefficient (Wildman–Crippen LogP) is 4.59. The van der Waals surface area contributed by atoms with Crippen LogP contribution < -0.4 is 19.3 Å². The van der Waals surface area contributed by atoms with Gasteiger partial charge >= 0.3 is 6.61 Å². The molecule has 0 unspecified atom stereocenters. The van der Waals surface area contributed by atoms with Crippen LogP contribution in [0.4, 0.5) is 20.2 Å². The highest BCUT2D eigenvalue weighted by molar-refractivity contribution is 5.95. The lowest BCUT2D eigenvalue weighted by atomic mass is 9.88. The minimum Gasteiger partial charge on any atom is -0.494 e. The van der Waals surface area contributed by atoms with Crippen LogP contribution in [0.2, 0.25) is 0 Å². The number of morpholine rings is 1. The molecule has 0 bridgehead atoms. The largest absolute Gasteiger partial charge is 0.494 e. The van der Waals surface area contributed by atoms with Gasteiger partial charge in [0.15, 0.2) is 0 Å². The van der Waals surface area contributed by atoms with Gasteiger partial charge in [0.1, 0.15) is 12.4 Å². The lowest BCUT2D eigenvalue weighted by Crippen LogP contribution is -2.59. The Morgan fingerprint density at radius 1 is 1.10 bits per heavy atom. The molecule has 1 amide bonds. The first-order valence-corrected chi connectivity index (χ1v) is 13.9. The Hall–Kier alpha value is -2.98. The summed E-state index contributed by atoms with van der Waals surface area (Å²) >= 11 is 0. The van der Waals surface area contributed by atoms with Gasteiger partial charge in [-0.2, -0.15) is 8.78 Å².